The second-order valence-electron chi connectivity index (χ2n) is 22.2. The first-order chi connectivity index (χ1) is 36.2. The molecule has 22 heteroatoms. The first kappa shape index (κ1) is 61.3. The van der Waals surface area contributed by atoms with Crippen LogP contribution in [0.5, 0.6) is 5.75 Å². The highest BCUT2D eigenvalue weighted by Crippen LogP contribution is 2.45. The fourth-order valence-electron chi connectivity index (χ4n) is 8.71. The van der Waals surface area contributed by atoms with Crippen LogP contribution in [0.3, 0.4) is 0 Å². The predicted molar refractivity (Wildman–Crippen MR) is 282 cm³/mol. The summed E-state index contributed by atoms with van der Waals surface area (Å²) in [4.78, 5) is 123. The summed E-state index contributed by atoms with van der Waals surface area (Å²) in [5, 5.41) is 27.4. The molecular weight excluding hydrogens is 1020 g/mol. The third-order valence-electron chi connectivity index (χ3n) is 13.5. The quantitative estimate of drug-likeness (QED) is 0.0776. The zero-order chi connectivity index (χ0) is 56.9. The van der Waals surface area contributed by atoms with Crippen LogP contribution in [-0.4, -0.2) is 120 Å². The minimum atomic E-state index is -1.20. The molecule has 3 aliphatic rings. The Labute approximate surface area is 454 Å². The van der Waals surface area contributed by atoms with E-state index in [0.717, 1.165) is 11.1 Å². The smallest absolute Gasteiger partial charge is 0.332 e. The Morgan fingerprint density at radius 1 is 0.922 bits per heavy atom. The van der Waals surface area contributed by atoms with Crippen LogP contribution >= 0.6 is 11.6 Å². The number of benzene rings is 2. The lowest BCUT2D eigenvalue weighted by molar-refractivity contribution is -0.220. The van der Waals surface area contributed by atoms with Gasteiger partial charge < -0.3 is 56.1 Å². The maximum absolute atomic E-state index is 14.1. The van der Waals surface area contributed by atoms with E-state index >= 15 is 0 Å². The van der Waals surface area contributed by atoms with Gasteiger partial charge in [0.15, 0.2) is 6.23 Å². The zero-order valence-corrected chi connectivity index (χ0v) is 46.4. The Kier molecular flexibility index (Phi) is 21.6. The summed E-state index contributed by atoms with van der Waals surface area (Å²) in [6.45, 7) is 16.0. The van der Waals surface area contributed by atoms with Crippen molar-refractivity contribution in [3.63, 3.8) is 0 Å². The summed E-state index contributed by atoms with van der Waals surface area (Å²) in [6.07, 6.45) is 0.471. The van der Waals surface area contributed by atoms with Crippen molar-refractivity contribution in [3.8, 4) is 5.75 Å². The van der Waals surface area contributed by atoms with E-state index in [2.05, 4.69) is 31.9 Å². The van der Waals surface area contributed by atoms with Crippen LogP contribution in [0.1, 0.15) is 130 Å². The monoisotopic (exact) mass is 1090 g/mol. The van der Waals surface area contributed by atoms with Gasteiger partial charge in [0.05, 0.1) is 23.7 Å². The normalized spacial score (nSPS) is 23.8. The molecule has 3 aliphatic heterocycles. The van der Waals surface area contributed by atoms with Crippen molar-refractivity contribution >= 4 is 64.9 Å². The summed E-state index contributed by atoms with van der Waals surface area (Å²) in [5.74, 6) is -5.36. The molecule has 0 aromatic heterocycles. The number of rotatable bonds is 19. The average Bonchev–Trinajstić information content (AvgIpc) is 4.12. The minimum absolute atomic E-state index is 0.0581. The summed E-state index contributed by atoms with van der Waals surface area (Å²) >= 11 is 6.38. The Hall–Kier alpha value is -6.58. The highest BCUT2D eigenvalue weighted by Gasteiger charge is 2.48. The van der Waals surface area contributed by atoms with Gasteiger partial charge in [-0.1, -0.05) is 89.6 Å². The van der Waals surface area contributed by atoms with E-state index in [1.807, 2.05) is 52.0 Å². The fourth-order valence-corrected chi connectivity index (χ4v) is 8.99. The van der Waals surface area contributed by atoms with Crippen LogP contribution in [0.25, 0.3) is 0 Å². The predicted octanol–water partition coefficient (Wildman–Crippen LogP) is 3.92. The van der Waals surface area contributed by atoms with Crippen LogP contribution in [-0.2, 0) is 70.4 Å². The largest absolute Gasteiger partial charge is 0.495 e. The van der Waals surface area contributed by atoms with Crippen LogP contribution in [0, 0.1) is 22.7 Å². The van der Waals surface area contributed by atoms with E-state index in [4.69, 9.17) is 30.6 Å². The highest BCUT2D eigenvalue weighted by molar-refractivity contribution is 6.32. The molecule has 2 saturated heterocycles. The lowest BCUT2D eigenvalue weighted by Gasteiger charge is -2.32. The molecule has 3 heterocycles. The van der Waals surface area contributed by atoms with Gasteiger partial charge in [-0.2, -0.15) is 0 Å². The number of amides is 7. The average molecular weight is 1090 g/mol. The van der Waals surface area contributed by atoms with Crippen molar-refractivity contribution < 1.29 is 67.3 Å². The highest BCUT2D eigenvalue weighted by atomic mass is 35.5. The summed E-state index contributed by atoms with van der Waals surface area (Å²) in [5.41, 5.74) is 0.647. The standard InChI is InChI=1S/C55H76ClN7O14/c1-30(2)46(62-42(65)15-12-16-45(68)77-63-43(66)23-24-44(63)67)51(71)59-32(4)49(69)57-28-33-17-20-35(21-18-33)48-47(76-48)31(3)39-13-11-14-41(64)60-37(26-34-19-22-40(74-10)36(56)25-34)50(70)58-29-55(8,9)53(73)61-38(52(72)75-39)27-54(5,6)7/h11,14,17-22,25,30-32,37-39,43,46-48,66H,12-13,15-16,23-24,26-29H2,1-10H3,(H,57,69)(H,58,70)(H,59,71)(H,60,64)(H,61,73)(H,62,65)/b14-11+/t31-,32-,37+,38-,39-,43?,46-,47+,48+/m0/s1. The van der Waals surface area contributed by atoms with Crippen LogP contribution in [0.2, 0.25) is 5.02 Å². The number of nitrogens with one attached hydrogen (secondary N) is 6. The van der Waals surface area contributed by atoms with E-state index in [0.29, 0.717) is 21.4 Å². The molecule has 0 bridgehead atoms. The number of hydrogen-bond acceptors (Lipinski definition) is 14. The topological polar surface area (TPSA) is 289 Å². The van der Waals surface area contributed by atoms with Crippen molar-refractivity contribution in [2.45, 2.75) is 169 Å². The number of hydroxylamine groups is 2. The number of esters is 1. The molecule has 5 rings (SSSR count). The minimum Gasteiger partial charge on any atom is -0.495 e. The molecule has 9 atom stereocenters. The van der Waals surface area contributed by atoms with Gasteiger partial charge in [-0.05, 0) is 79.8 Å². The van der Waals surface area contributed by atoms with Gasteiger partial charge in [-0.25, -0.2) is 9.59 Å². The van der Waals surface area contributed by atoms with Gasteiger partial charge in [0.1, 0.15) is 42.1 Å². The summed E-state index contributed by atoms with van der Waals surface area (Å²) in [7, 11) is 1.49. The molecule has 0 spiro atoms. The molecule has 2 aromatic carbocycles. The van der Waals surface area contributed by atoms with E-state index in [-0.39, 0.29) is 76.5 Å². The maximum Gasteiger partial charge on any atom is 0.332 e. The van der Waals surface area contributed by atoms with Crippen molar-refractivity contribution in [2.24, 2.45) is 22.7 Å². The molecule has 77 heavy (non-hydrogen) atoms. The Balaban J connectivity index is 1.19. The van der Waals surface area contributed by atoms with Crippen LogP contribution in [0.4, 0.5) is 0 Å². The number of hydrogen-bond donors (Lipinski definition) is 7. The number of cyclic esters (lactones) is 1. The molecule has 0 radical (unpaired) electrons. The molecule has 21 nitrogen and oxygen atoms in total. The van der Waals surface area contributed by atoms with Gasteiger partial charge in [0, 0.05) is 57.5 Å². The number of methoxy groups -OCH3 is 1. The molecule has 7 amide bonds. The Bertz CT molecular complexity index is 2510. The van der Waals surface area contributed by atoms with E-state index in [9.17, 15) is 48.3 Å². The van der Waals surface area contributed by atoms with Gasteiger partial charge in [-0.15, -0.1) is 5.06 Å². The van der Waals surface area contributed by atoms with Crippen LogP contribution in [0.15, 0.2) is 54.6 Å². The number of halogens is 1. The molecule has 2 aromatic rings. The van der Waals surface area contributed by atoms with Crippen molar-refractivity contribution in [1.29, 1.82) is 0 Å². The van der Waals surface area contributed by atoms with Gasteiger partial charge in [0.2, 0.25) is 35.4 Å². The third-order valence-corrected chi connectivity index (χ3v) is 13.8. The number of aliphatic hydroxyl groups is 1. The fraction of sp³-hybridized carbons (Fsp3) is 0.582. The van der Waals surface area contributed by atoms with Crippen molar-refractivity contribution in [3.05, 3.63) is 76.3 Å². The first-order valence-corrected chi connectivity index (χ1v) is 26.4. The lowest BCUT2D eigenvalue weighted by atomic mass is 9.86. The number of ether oxygens (including phenoxy) is 3. The lowest BCUT2D eigenvalue weighted by Crippen LogP contribution is -2.54. The number of epoxide rings is 1. The second kappa shape index (κ2) is 27.1. The number of carbonyl (C=O) groups is 9. The van der Waals surface area contributed by atoms with Crippen molar-refractivity contribution in [1.82, 2.24) is 37.0 Å². The summed E-state index contributed by atoms with van der Waals surface area (Å²) < 4.78 is 17.7. The van der Waals surface area contributed by atoms with Gasteiger partial charge >= 0.3 is 11.9 Å². The second-order valence-corrected chi connectivity index (χ2v) is 22.6. The molecule has 1 unspecified atom stereocenters. The summed E-state index contributed by atoms with van der Waals surface area (Å²) in [6, 6.07) is 8.41. The Morgan fingerprint density at radius 3 is 2.23 bits per heavy atom. The first-order valence-electron chi connectivity index (χ1n) is 26.1. The molecule has 0 saturated carbocycles. The maximum atomic E-state index is 14.1. The van der Waals surface area contributed by atoms with E-state index in [1.165, 1.54) is 20.1 Å². The zero-order valence-electron chi connectivity index (χ0n) is 45.6. The molecule has 7 N–H and O–H groups in total. The van der Waals surface area contributed by atoms with E-state index in [1.54, 1.807) is 52.0 Å². The number of aliphatic hydroxyl groups excluding tert-OH is 1. The number of nitrogens with zero attached hydrogens (tertiary/aromatic N) is 1. The molecule has 422 valence electrons. The van der Waals surface area contributed by atoms with Crippen LogP contribution < -0.4 is 36.6 Å². The van der Waals surface area contributed by atoms with Gasteiger partial charge in [0.25, 0.3) is 5.91 Å². The molecule has 2 fully saturated rings. The molecule has 0 aliphatic carbocycles. The SMILES string of the molecule is COc1ccc(C[C@H]2NC(=O)/C=C/C[C@@H]([C@H](C)[C@H]3O[C@@H]3c3ccc(CNC(=O)[C@H](C)NC(=O)[C@@H](NC(=O)CCCC(=O)ON4C(=O)CCC4O)C(C)C)cc3)OC(=O)[C@H](CC(C)(C)C)NC(=O)C(C)(C)CNC2=O)cc1Cl. The Morgan fingerprint density at radius 2 is 1.61 bits per heavy atom. The molecular formula is C55H76ClN7O14. The van der Waals surface area contributed by atoms with E-state index < -0.39 is 113 Å². The third kappa shape index (κ3) is 18.3. The van der Waals surface area contributed by atoms with Gasteiger partial charge in [-0.3, -0.25) is 33.6 Å². The van der Waals surface area contributed by atoms with Crippen molar-refractivity contribution in [2.75, 3.05) is 13.7 Å². The number of carbonyl (C=O) groups excluding carboxylic acids is 9.